The van der Waals surface area contributed by atoms with E-state index < -0.39 is 5.54 Å². The summed E-state index contributed by atoms with van der Waals surface area (Å²) in [5.74, 6) is -0.431. The third kappa shape index (κ3) is 4.15. The zero-order valence-corrected chi connectivity index (χ0v) is 21.9. The van der Waals surface area contributed by atoms with Crippen molar-refractivity contribution in [3.63, 3.8) is 0 Å². The van der Waals surface area contributed by atoms with E-state index in [9.17, 15) is 9.59 Å². The highest BCUT2D eigenvalue weighted by molar-refractivity contribution is 6.33. The molecule has 0 saturated heterocycles. The molecule has 9 nitrogen and oxygen atoms in total. The first-order valence-electron chi connectivity index (χ1n) is 12.5. The highest BCUT2D eigenvalue weighted by atomic mass is 35.5. The van der Waals surface area contributed by atoms with Crippen LogP contribution in [0.2, 0.25) is 5.02 Å². The fourth-order valence-electron chi connectivity index (χ4n) is 5.17. The first kappa shape index (κ1) is 25.2. The standard InChI is InChI=1S/C30H22ClN7O2/c31-24-12-11-19(13-23(24)27(39)37-17-20-15-34-26(14-32)35-25(20)18-37)16-38-28(40)30(36-29(38)33,21-7-3-1-4-8-21)22-9-5-2-6-10-22/h1-13,15H,16-18H2,(H2,33,36). The maximum Gasteiger partial charge on any atom is 0.266 e. The third-order valence-corrected chi connectivity index (χ3v) is 7.47. The second kappa shape index (κ2) is 9.91. The summed E-state index contributed by atoms with van der Waals surface area (Å²) in [5, 5.41) is 9.37. The molecule has 0 spiro atoms. The monoisotopic (exact) mass is 547 g/mol. The number of fused-ring (bicyclic) bond motifs is 1. The molecule has 0 unspecified atom stereocenters. The summed E-state index contributed by atoms with van der Waals surface area (Å²) in [7, 11) is 0. The van der Waals surface area contributed by atoms with Crippen LogP contribution in [-0.2, 0) is 30.0 Å². The second-order valence-electron chi connectivity index (χ2n) is 9.56. The van der Waals surface area contributed by atoms with Gasteiger partial charge in [-0.25, -0.2) is 15.0 Å². The summed E-state index contributed by atoms with van der Waals surface area (Å²) in [6, 6.07) is 25.7. The molecular formula is C30H22ClN7O2. The molecule has 0 bridgehead atoms. The number of hydrogen-bond acceptors (Lipinski definition) is 7. The van der Waals surface area contributed by atoms with E-state index in [4.69, 9.17) is 27.6 Å². The molecule has 0 radical (unpaired) electrons. The van der Waals surface area contributed by atoms with Crippen molar-refractivity contribution in [2.75, 3.05) is 0 Å². The van der Waals surface area contributed by atoms with Crippen molar-refractivity contribution in [3.05, 3.63) is 129 Å². The summed E-state index contributed by atoms with van der Waals surface area (Å²) in [4.78, 5) is 43.6. The Morgan fingerprint density at radius 3 is 2.35 bits per heavy atom. The van der Waals surface area contributed by atoms with Gasteiger partial charge in [-0.05, 0) is 28.8 Å². The molecule has 2 aliphatic rings. The molecule has 4 aromatic rings. The summed E-state index contributed by atoms with van der Waals surface area (Å²) >= 11 is 6.46. The first-order valence-corrected chi connectivity index (χ1v) is 12.9. The fraction of sp³-hybridized carbons (Fsp3) is 0.133. The van der Waals surface area contributed by atoms with Crippen LogP contribution in [0.5, 0.6) is 0 Å². The van der Waals surface area contributed by atoms with E-state index in [1.807, 2.05) is 66.7 Å². The number of nitrogens with zero attached hydrogens (tertiary/aromatic N) is 6. The van der Waals surface area contributed by atoms with Gasteiger partial charge in [0.1, 0.15) is 6.07 Å². The van der Waals surface area contributed by atoms with E-state index in [-0.39, 0.29) is 41.7 Å². The molecular weight excluding hydrogens is 526 g/mol. The fourth-order valence-corrected chi connectivity index (χ4v) is 5.37. The van der Waals surface area contributed by atoms with Gasteiger partial charge in [-0.2, -0.15) is 5.26 Å². The Bertz CT molecular complexity index is 1680. The lowest BCUT2D eigenvalue weighted by Crippen LogP contribution is -2.43. The maximum atomic E-state index is 14.1. The molecule has 10 heteroatoms. The highest BCUT2D eigenvalue weighted by Gasteiger charge is 2.50. The van der Waals surface area contributed by atoms with Gasteiger partial charge in [0, 0.05) is 18.3 Å². The van der Waals surface area contributed by atoms with Crippen LogP contribution < -0.4 is 5.73 Å². The lowest BCUT2D eigenvalue weighted by Gasteiger charge is -2.27. The molecule has 2 N–H and O–H groups in total. The van der Waals surface area contributed by atoms with Gasteiger partial charge < -0.3 is 10.6 Å². The zero-order valence-electron chi connectivity index (χ0n) is 21.2. The molecule has 196 valence electrons. The number of nitrogens with two attached hydrogens (primary N) is 1. The number of amides is 2. The number of carbonyl (C=O) groups excluding carboxylic acids is 2. The second-order valence-corrected chi connectivity index (χ2v) is 9.96. The summed E-state index contributed by atoms with van der Waals surface area (Å²) < 4.78 is 0. The SMILES string of the molecule is N#Cc1ncc2c(n1)CN(C(=O)c1cc(CN3C(=O)C(c4ccccc4)(c4ccccc4)N=C3N)ccc1Cl)C2. The third-order valence-electron chi connectivity index (χ3n) is 7.14. The molecule has 0 saturated carbocycles. The molecule has 2 aliphatic heterocycles. The minimum atomic E-state index is -1.32. The molecule has 2 amide bonds. The summed E-state index contributed by atoms with van der Waals surface area (Å²) in [6.07, 6.45) is 1.57. The van der Waals surface area contributed by atoms with Gasteiger partial charge in [0.15, 0.2) is 11.5 Å². The van der Waals surface area contributed by atoms with Crippen molar-refractivity contribution < 1.29 is 9.59 Å². The van der Waals surface area contributed by atoms with Gasteiger partial charge in [0.2, 0.25) is 5.82 Å². The number of aliphatic imine (C=N–C) groups is 1. The molecule has 6 rings (SSSR count). The Kier molecular flexibility index (Phi) is 6.25. The van der Waals surface area contributed by atoms with Crippen LogP contribution in [0, 0.1) is 11.3 Å². The van der Waals surface area contributed by atoms with E-state index in [1.165, 1.54) is 4.90 Å². The largest absolute Gasteiger partial charge is 0.369 e. The van der Waals surface area contributed by atoms with Crippen LogP contribution in [0.4, 0.5) is 0 Å². The van der Waals surface area contributed by atoms with Gasteiger partial charge in [0.25, 0.3) is 11.8 Å². The predicted molar refractivity (Wildman–Crippen MR) is 148 cm³/mol. The van der Waals surface area contributed by atoms with Gasteiger partial charge >= 0.3 is 0 Å². The van der Waals surface area contributed by atoms with Crippen molar-refractivity contribution in [3.8, 4) is 6.07 Å². The van der Waals surface area contributed by atoms with Crippen LogP contribution in [-0.4, -0.2) is 37.5 Å². The Morgan fingerprint density at radius 1 is 1.02 bits per heavy atom. The number of aromatic nitrogens is 2. The smallest absolute Gasteiger partial charge is 0.266 e. The zero-order chi connectivity index (χ0) is 27.9. The van der Waals surface area contributed by atoms with Crippen LogP contribution in [0.1, 0.15) is 44.1 Å². The van der Waals surface area contributed by atoms with E-state index in [1.54, 1.807) is 29.3 Å². The Morgan fingerprint density at radius 2 is 1.70 bits per heavy atom. The number of halogens is 1. The number of benzene rings is 3. The van der Waals surface area contributed by atoms with E-state index in [2.05, 4.69) is 9.97 Å². The maximum absolute atomic E-state index is 14.1. The van der Waals surface area contributed by atoms with Crippen molar-refractivity contribution in [1.29, 1.82) is 5.26 Å². The minimum absolute atomic E-state index is 0.0599. The van der Waals surface area contributed by atoms with Crippen molar-refractivity contribution in [2.24, 2.45) is 10.7 Å². The van der Waals surface area contributed by atoms with E-state index in [0.29, 0.717) is 34.5 Å². The van der Waals surface area contributed by atoms with E-state index in [0.717, 1.165) is 5.56 Å². The number of guanidine groups is 1. The predicted octanol–water partition coefficient (Wildman–Crippen LogP) is 3.76. The summed E-state index contributed by atoms with van der Waals surface area (Å²) in [5.41, 5.74) is 8.86. The quantitative estimate of drug-likeness (QED) is 0.405. The van der Waals surface area contributed by atoms with Crippen molar-refractivity contribution in [2.45, 2.75) is 25.2 Å². The first-order chi connectivity index (χ1) is 19.4. The molecule has 1 aromatic heterocycles. The topological polar surface area (TPSA) is 129 Å². The van der Waals surface area contributed by atoms with Gasteiger partial charge in [-0.15, -0.1) is 0 Å². The molecule has 0 aliphatic carbocycles. The highest BCUT2D eigenvalue weighted by Crippen LogP contribution is 2.40. The lowest BCUT2D eigenvalue weighted by atomic mass is 9.83. The average molecular weight is 548 g/mol. The van der Waals surface area contributed by atoms with Gasteiger partial charge in [-0.3, -0.25) is 14.5 Å². The number of rotatable bonds is 5. The minimum Gasteiger partial charge on any atom is -0.369 e. The Labute approximate surface area is 235 Å². The van der Waals surface area contributed by atoms with Crippen LogP contribution in [0.15, 0.2) is 90.1 Å². The van der Waals surface area contributed by atoms with Crippen molar-refractivity contribution in [1.82, 2.24) is 19.8 Å². The van der Waals surface area contributed by atoms with Crippen molar-refractivity contribution >= 4 is 29.4 Å². The molecule has 3 heterocycles. The molecule has 0 atom stereocenters. The lowest BCUT2D eigenvalue weighted by molar-refractivity contribution is -0.130. The van der Waals surface area contributed by atoms with E-state index >= 15 is 0 Å². The van der Waals surface area contributed by atoms with Crippen LogP contribution in [0.3, 0.4) is 0 Å². The van der Waals surface area contributed by atoms with Crippen LogP contribution in [0.25, 0.3) is 0 Å². The Balaban J connectivity index is 1.29. The molecule has 3 aromatic carbocycles. The molecule has 0 fully saturated rings. The summed E-state index contributed by atoms with van der Waals surface area (Å²) in [6.45, 7) is 0.651. The normalized spacial score (nSPS) is 15.5. The van der Waals surface area contributed by atoms with Gasteiger partial charge in [-0.1, -0.05) is 78.3 Å². The number of nitriles is 1. The van der Waals surface area contributed by atoms with Gasteiger partial charge in [0.05, 0.1) is 29.4 Å². The number of hydrogen-bond donors (Lipinski definition) is 1. The average Bonchev–Trinajstić information content (AvgIpc) is 3.53. The van der Waals surface area contributed by atoms with Crippen LogP contribution >= 0.6 is 11.6 Å². The Hall–Kier alpha value is -5.07. The molecule has 40 heavy (non-hydrogen) atoms. The number of carbonyl (C=O) groups is 2.